The van der Waals surface area contributed by atoms with Crippen molar-refractivity contribution in [2.75, 3.05) is 7.05 Å². The molecule has 0 bridgehead atoms. The van der Waals surface area contributed by atoms with E-state index in [2.05, 4.69) is 16.4 Å². The van der Waals surface area contributed by atoms with Crippen LogP contribution in [0.5, 0.6) is 0 Å². The Hall–Kier alpha value is -3.58. The van der Waals surface area contributed by atoms with Crippen molar-refractivity contribution in [3.8, 4) is 0 Å². The molecule has 0 saturated heterocycles. The number of carbonyl (C=O) groups is 1. The summed E-state index contributed by atoms with van der Waals surface area (Å²) in [5.41, 5.74) is 4.56. The fourth-order valence-corrected chi connectivity index (χ4v) is 4.64. The van der Waals surface area contributed by atoms with Gasteiger partial charge in [-0.05, 0) is 48.9 Å². The van der Waals surface area contributed by atoms with E-state index in [9.17, 15) is 4.79 Å². The Bertz CT molecular complexity index is 1340. The third-order valence-corrected chi connectivity index (χ3v) is 6.73. The number of amides is 1. The number of para-hydroxylation sites is 2. The summed E-state index contributed by atoms with van der Waals surface area (Å²) in [7, 11) is 1.83. The van der Waals surface area contributed by atoms with Crippen molar-refractivity contribution >= 4 is 38.5 Å². The molecule has 5 aromatic rings. The van der Waals surface area contributed by atoms with Gasteiger partial charge in [0.2, 0.25) is 0 Å². The van der Waals surface area contributed by atoms with Gasteiger partial charge in [-0.15, -0.1) is 16.4 Å². The van der Waals surface area contributed by atoms with Crippen LogP contribution in [0.15, 0.2) is 72.8 Å². The zero-order valence-electron chi connectivity index (χ0n) is 17.3. The van der Waals surface area contributed by atoms with Crippen LogP contribution in [-0.2, 0) is 6.54 Å². The number of hydrogen-bond acceptors (Lipinski definition) is 5. The van der Waals surface area contributed by atoms with E-state index in [1.807, 2.05) is 85.4 Å². The largest absolute Gasteiger partial charge is 0.333 e. The van der Waals surface area contributed by atoms with E-state index >= 15 is 0 Å². The van der Waals surface area contributed by atoms with Crippen molar-refractivity contribution in [1.29, 1.82) is 0 Å². The first-order valence-electron chi connectivity index (χ1n) is 10.1. The van der Waals surface area contributed by atoms with Gasteiger partial charge in [0.15, 0.2) is 0 Å². The third-order valence-electron chi connectivity index (χ3n) is 5.52. The van der Waals surface area contributed by atoms with Gasteiger partial charge in [-0.3, -0.25) is 4.79 Å². The SMILES string of the molecule is CC(c1nc2ccccc2s1)N(C)C(=O)c1ccc(Cn2nnc3ccccc32)cc1. The topological polar surface area (TPSA) is 63.9 Å². The predicted molar refractivity (Wildman–Crippen MR) is 123 cm³/mol. The van der Waals surface area contributed by atoms with Gasteiger partial charge in [0.1, 0.15) is 10.5 Å². The number of benzene rings is 3. The Balaban J connectivity index is 1.32. The van der Waals surface area contributed by atoms with Crippen LogP contribution in [0.2, 0.25) is 0 Å². The van der Waals surface area contributed by atoms with E-state index in [-0.39, 0.29) is 11.9 Å². The summed E-state index contributed by atoms with van der Waals surface area (Å²) in [5.74, 6) is -0.0236. The Labute approximate surface area is 183 Å². The highest BCUT2D eigenvalue weighted by Crippen LogP contribution is 2.29. The lowest BCUT2D eigenvalue weighted by Gasteiger charge is -2.23. The predicted octanol–water partition coefficient (Wildman–Crippen LogP) is 4.92. The zero-order valence-corrected chi connectivity index (χ0v) is 18.1. The molecular weight excluding hydrogens is 406 g/mol. The van der Waals surface area contributed by atoms with Gasteiger partial charge in [-0.25, -0.2) is 9.67 Å². The van der Waals surface area contributed by atoms with Gasteiger partial charge in [0, 0.05) is 12.6 Å². The van der Waals surface area contributed by atoms with Gasteiger partial charge in [0.05, 0.1) is 28.3 Å². The molecule has 5 rings (SSSR count). The monoisotopic (exact) mass is 427 g/mol. The lowest BCUT2D eigenvalue weighted by atomic mass is 10.1. The van der Waals surface area contributed by atoms with Crippen LogP contribution >= 0.6 is 11.3 Å². The van der Waals surface area contributed by atoms with Crippen LogP contribution in [0.25, 0.3) is 21.3 Å². The lowest BCUT2D eigenvalue weighted by molar-refractivity contribution is 0.0742. The molecule has 31 heavy (non-hydrogen) atoms. The first kappa shape index (κ1) is 19.4. The van der Waals surface area contributed by atoms with E-state index in [0.29, 0.717) is 12.1 Å². The summed E-state index contributed by atoms with van der Waals surface area (Å²) in [6.07, 6.45) is 0. The number of fused-ring (bicyclic) bond motifs is 2. The van der Waals surface area contributed by atoms with Crippen molar-refractivity contribution in [3.63, 3.8) is 0 Å². The van der Waals surface area contributed by atoms with Crippen LogP contribution in [0.1, 0.15) is 33.9 Å². The summed E-state index contributed by atoms with van der Waals surface area (Å²) >= 11 is 1.63. The van der Waals surface area contributed by atoms with Crippen LogP contribution in [0.4, 0.5) is 0 Å². The molecule has 0 aliphatic heterocycles. The summed E-state index contributed by atoms with van der Waals surface area (Å²) in [6.45, 7) is 2.62. The molecule has 0 N–H and O–H groups in total. The quantitative estimate of drug-likeness (QED) is 0.399. The Morgan fingerprint density at radius 3 is 2.48 bits per heavy atom. The minimum Gasteiger partial charge on any atom is -0.333 e. The molecule has 0 spiro atoms. The van der Waals surface area contributed by atoms with Gasteiger partial charge in [-0.1, -0.05) is 41.6 Å². The van der Waals surface area contributed by atoms with Gasteiger partial charge in [0.25, 0.3) is 5.91 Å². The number of rotatable bonds is 5. The zero-order chi connectivity index (χ0) is 21.4. The van der Waals surface area contributed by atoms with Gasteiger partial charge in [-0.2, -0.15) is 0 Å². The average molecular weight is 428 g/mol. The smallest absolute Gasteiger partial charge is 0.254 e. The fraction of sp³-hybridized carbons (Fsp3) is 0.167. The van der Waals surface area contributed by atoms with E-state index in [4.69, 9.17) is 4.98 Å². The van der Waals surface area contributed by atoms with Crippen molar-refractivity contribution in [2.45, 2.75) is 19.5 Å². The maximum Gasteiger partial charge on any atom is 0.254 e. The number of hydrogen-bond donors (Lipinski definition) is 0. The van der Waals surface area contributed by atoms with Gasteiger partial charge >= 0.3 is 0 Å². The summed E-state index contributed by atoms with van der Waals surface area (Å²) < 4.78 is 3.00. The molecular formula is C24H21N5OS. The Kier molecular flexibility index (Phi) is 4.95. The molecule has 0 saturated carbocycles. The molecule has 1 unspecified atom stereocenters. The summed E-state index contributed by atoms with van der Waals surface area (Å²) in [5, 5.41) is 9.37. The molecule has 6 nitrogen and oxygen atoms in total. The fourth-order valence-electron chi connectivity index (χ4n) is 3.57. The minimum absolute atomic E-state index is 0.0236. The second-order valence-corrected chi connectivity index (χ2v) is 8.61. The van der Waals surface area contributed by atoms with Crippen molar-refractivity contribution in [2.24, 2.45) is 0 Å². The molecule has 2 aromatic heterocycles. The highest BCUT2D eigenvalue weighted by molar-refractivity contribution is 7.18. The molecule has 1 atom stereocenters. The maximum atomic E-state index is 13.1. The van der Waals surface area contributed by atoms with Crippen LogP contribution < -0.4 is 0 Å². The van der Waals surface area contributed by atoms with Crippen LogP contribution in [0, 0.1) is 0 Å². The molecule has 7 heteroatoms. The van der Waals surface area contributed by atoms with E-state index in [0.717, 1.165) is 31.8 Å². The highest BCUT2D eigenvalue weighted by atomic mass is 32.1. The lowest BCUT2D eigenvalue weighted by Crippen LogP contribution is -2.29. The standard InChI is InChI=1S/C24H21N5OS/c1-16(23-25-20-8-4-6-10-22(20)31-23)28(2)24(30)18-13-11-17(12-14-18)15-29-21-9-5-3-7-19(21)26-27-29/h3-14,16H,15H2,1-2H3. The Morgan fingerprint density at radius 2 is 1.71 bits per heavy atom. The molecule has 154 valence electrons. The summed E-state index contributed by atoms with van der Waals surface area (Å²) in [4.78, 5) is 19.5. The highest BCUT2D eigenvalue weighted by Gasteiger charge is 2.22. The first-order valence-corrected chi connectivity index (χ1v) is 10.9. The van der Waals surface area contributed by atoms with Crippen molar-refractivity contribution in [1.82, 2.24) is 24.9 Å². The van der Waals surface area contributed by atoms with Crippen LogP contribution in [-0.4, -0.2) is 37.8 Å². The normalized spacial score (nSPS) is 12.3. The maximum absolute atomic E-state index is 13.1. The first-order chi connectivity index (χ1) is 15.1. The molecule has 3 aromatic carbocycles. The van der Waals surface area contributed by atoms with Gasteiger partial charge < -0.3 is 4.90 Å². The third kappa shape index (κ3) is 3.68. The molecule has 0 fully saturated rings. The number of aromatic nitrogens is 4. The number of nitrogens with zero attached hydrogens (tertiary/aromatic N) is 5. The number of carbonyl (C=O) groups excluding carboxylic acids is 1. The average Bonchev–Trinajstić information content (AvgIpc) is 3.42. The van der Waals surface area contributed by atoms with E-state index < -0.39 is 0 Å². The molecule has 0 radical (unpaired) electrons. The van der Waals surface area contributed by atoms with E-state index in [1.165, 1.54) is 0 Å². The Morgan fingerprint density at radius 1 is 1.00 bits per heavy atom. The van der Waals surface area contributed by atoms with Crippen molar-refractivity contribution in [3.05, 3.63) is 88.9 Å². The van der Waals surface area contributed by atoms with E-state index in [1.54, 1.807) is 16.2 Å². The second-order valence-electron chi connectivity index (χ2n) is 7.54. The van der Waals surface area contributed by atoms with Crippen molar-refractivity contribution < 1.29 is 4.79 Å². The minimum atomic E-state index is -0.105. The molecule has 0 aliphatic carbocycles. The number of thiazole rings is 1. The van der Waals surface area contributed by atoms with Crippen LogP contribution in [0.3, 0.4) is 0 Å². The second kappa shape index (κ2) is 7.92. The molecule has 2 heterocycles. The summed E-state index contributed by atoms with van der Waals surface area (Å²) in [6, 6.07) is 23.5. The molecule has 0 aliphatic rings. The molecule has 1 amide bonds.